The van der Waals surface area contributed by atoms with Gasteiger partial charge in [-0.25, -0.2) is 13.1 Å². The summed E-state index contributed by atoms with van der Waals surface area (Å²) >= 11 is 0. The highest BCUT2D eigenvalue weighted by atomic mass is 32.2. The van der Waals surface area contributed by atoms with Crippen molar-refractivity contribution in [3.8, 4) is 0 Å². The Morgan fingerprint density at radius 1 is 1.12 bits per heavy atom. The van der Waals surface area contributed by atoms with Gasteiger partial charge < -0.3 is 4.42 Å². The Kier molecular flexibility index (Phi) is 5.85. The third-order valence-electron chi connectivity index (χ3n) is 5.14. The van der Waals surface area contributed by atoms with Gasteiger partial charge in [-0.3, -0.25) is 4.90 Å². The zero-order valence-electron chi connectivity index (χ0n) is 15.8. The van der Waals surface area contributed by atoms with Crippen LogP contribution in [0.15, 0.2) is 39.6 Å². The van der Waals surface area contributed by atoms with Crippen molar-refractivity contribution in [3.05, 3.63) is 53.0 Å². The standard InChI is InChI=1S/C20H28N2O3S/c1-15-4-6-20(7-5-15)26(23,24)21-13-18-8-10-22(11-9-18)14-19-12-16(2)25-17(19)3/h4-7,12,18,21H,8-11,13-14H2,1-3H3. The van der Waals surface area contributed by atoms with Crippen molar-refractivity contribution in [2.45, 2.75) is 45.1 Å². The van der Waals surface area contributed by atoms with Gasteiger partial charge in [0.25, 0.3) is 0 Å². The number of nitrogens with zero attached hydrogens (tertiary/aromatic N) is 1. The maximum absolute atomic E-state index is 12.4. The van der Waals surface area contributed by atoms with Crippen LogP contribution >= 0.6 is 0 Å². The molecular formula is C20H28N2O3S. The highest BCUT2D eigenvalue weighted by Gasteiger charge is 2.22. The summed E-state index contributed by atoms with van der Waals surface area (Å²) in [5, 5.41) is 0. The Morgan fingerprint density at radius 3 is 2.35 bits per heavy atom. The van der Waals surface area contributed by atoms with Crippen molar-refractivity contribution in [2.75, 3.05) is 19.6 Å². The summed E-state index contributed by atoms with van der Waals surface area (Å²) in [5.41, 5.74) is 2.31. The largest absolute Gasteiger partial charge is 0.466 e. The van der Waals surface area contributed by atoms with Crippen LogP contribution in [0.1, 0.15) is 35.5 Å². The van der Waals surface area contributed by atoms with E-state index in [1.165, 1.54) is 5.56 Å². The van der Waals surface area contributed by atoms with E-state index in [0.717, 1.165) is 49.6 Å². The van der Waals surface area contributed by atoms with Crippen molar-refractivity contribution in [1.29, 1.82) is 0 Å². The fourth-order valence-electron chi connectivity index (χ4n) is 3.46. The molecule has 0 atom stereocenters. The first-order valence-corrected chi connectivity index (χ1v) is 10.7. The van der Waals surface area contributed by atoms with Crippen molar-refractivity contribution in [2.24, 2.45) is 5.92 Å². The average molecular weight is 377 g/mol. The summed E-state index contributed by atoms with van der Waals surface area (Å²) in [5.74, 6) is 2.34. The molecule has 1 fully saturated rings. The summed E-state index contributed by atoms with van der Waals surface area (Å²) in [7, 11) is -3.42. The molecule has 0 saturated carbocycles. The van der Waals surface area contributed by atoms with Gasteiger partial charge in [0.05, 0.1) is 4.90 Å². The number of rotatable bonds is 6. The van der Waals surface area contributed by atoms with Crippen LogP contribution in [0.2, 0.25) is 0 Å². The number of likely N-dealkylation sites (tertiary alicyclic amines) is 1. The molecule has 6 heteroatoms. The lowest BCUT2D eigenvalue weighted by atomic mass is 9.97. The Bertz CT molecular complexity index is 832. The third kappa shape index (κ3) is 4.75. The number of nitrogens with one attached hydrogen (secondary N) is 1. The molecule has 1 aromatic heterocycles. The summed E-state index contributed by atoms with van der Waals surface area (Å²) < 4.78 is 33.2. The van der Waals surface area contributed by atoms with Gasteiger partial charge in [0.15, 0.2) is 0 Å². The minimum Gasteiger partial charge on any atom is -0.466 e. The molecule has 142 valence electrons. The Morgan fingerprint density at radius 2 is 1.77 bits per heavy atom. The van der Waals surface area contributed by atoms with Crippen LogP contribution in [0.5, 0.6) is 0 Å². The van der Waals surface area contributed by atoms with Gasteiger partial charge in [-0.15, -0.1) is 0 Å². The van der Waals surface area contributed by atoms with E-state index in [4.69, 9.17) is 4.42 Å². The number of hydrogen-bond acceptors (Lipinski definition) is 4. The quantitative estimate of drug-likeness (QED) is 0.839. The molecular weight excluding hydrogens is 348 g/mol. The van der Waals surface area contributed by atoms with E-state index < -0.39 is 10.0 Å². The van der Waals surface area contributed by atoms with Crippen LogP contribution in [0.3, 0.4) is 0 Å². The summed E-state index contributed by atoms with van der Waals surface area (Å²) in [4.78, 5) is 2.76. The van der Waals surface area contributed by atoms with Crippen LogP contribution in [-0.4, -0.2) is 33.0 Å². The third-order valence-corrected chi connectivity index (χ3v) is 6.58. The van der Waals surface area contributed by atoms with Gasteiger partial charge in [-0.1, -0.05) is 17.7 Å². The van der Waals surface area contributed by atoms with E-state index in [0.29, 0.717) is 17.4 Å². The molecule has 2 heterocycles. The molecule has 0 spiro atoms. The van der Waals surface area contributed by atoms with E-state index in [-0.39, 0.29) is 0 Å². The molecule has 0 amide bonds. The lowest BCUT2D eigenvalue weighted by molar-refractivity contribution is 0.178. The molecule has 5 nitrogen and oxygen atoms in total. The number of furan rings is 1. The minimum atomic E-state index is -3.42. The fraction of sp³-hybridized carbons (Fsp3) is 0.500. The van der Waals surface area contributed by atoms with Crippen molar-refractivity contribution >= 4 is 10.0 Å². The molecule has 0 unspecified atom stereocenters. The summed E-state index contributed by atoms with van der Waals surface area (Å²) in [6, 6.07) is 9.08. The Balaban J connectivity index is 1.48. The van der Waals surface area contributed by atoms with Gasteiger partial charge >= 0.3 is 0 Å². The van der Waals surface area contributed by atoms with Crippen LogP contribution in [0.25, 0.3) is 0 Å². The van der Waals surface area contributed by atoms with E-state index in [9.17, 15) is 8.42 Å². The van der Waals surface area contributed by atoms with Crippen molar-refractivity contribution in [3.63, 3.8) is 0 Å². The molecule has 1 aromatic carbocycles. The molecule has 0 radical (unpaired) electrons. The Hall–Kier alpha value is -1.63. The smallest absolute Gasteiger partial charge is 0.240 e. The highest BCUT2D eigenvalue weighted by molar-refractivity contribution is 7.89. The van der Waals surface area contributed by atoms with Crippen LogP contribution in [0.4, 0.5) is 0 Å². The first-order chi connectivity index (χ1) is 12.3. The van der Waals surface area contributed by atoms with E-state index >= 15 is 0 Å². The molecule has 1 aliphatic heterocycles. The predicted molar refractivity (Wildman–Crippen MR) is 103 cm³/mol. The van der Waals surface area contributed by atoms with Gasteiger partial charge in [0.1, 0.15) is 11.5 Å². The monoisotopic (exact) mass is 376 g/mol. The molecule has 2 aromatic rings. The molecule has 3 rings (SSSR count). The van der Waals surface area contributed by atoms with Crippen molar-refractivity contribution < 1.29 is 12.8 Å². The summed E-state index contributed by atoms with van der Waals surface area (Å²) in [6.07, 6.45) is 2.01. The second-order valence-corrected chi connectivity index (χ2v) is 9.09. The first kappa shape index (κ1) is 19.1. The lowest BCUT2D eigenvalue weighted by Gasteiger charge is -2.31. The van der Waals surface area contributed by atoms with Crippen LogP contribution < -0.4 is 4.72 Å². The minimum absolute atomic E-state index is 0.339. The van der Waals surface area contributed by atoms with E-state index in [1.807, 2.05) is 32.9 Å². The van der Waals surface area contributed by atoms with Gasteiger partial charge in [0, 0.05) is 18.7 Å². The number of aryl methyl sites for hydroxylation is 3. The second kappa shape index (κ2) is 7.94. The molecule has 1 aliphatic rings. The number of benzene rings is 1. The maximum Gasteiger partial charge on any atom is 0.240 e. The van der Waals surface area contributed by atoms with Crippen molar-refractivity contribution in [1.82, 2.24) is 9.62 Å². The van der Waals surface area contributed by atoms with Crippen LogP contribution in [0, 0.1) is 26.7 Å². The molecule has 0 aliphatic carbocycles. The summed E-state index contributed by atoms with van der Waals surface area (Å²) in [6.45, 7) is 9.32. The normalized spacial score (nSPS) is 16.9. The predicted octanol–water partition coefficient (Wildman–Crippen LogP) is 3.40. The molecule has 1 N–H and O–H groups in total. The maximum atomic E-state index is 12.4. The van der Waals surface area contributed by atoms with Crippen LogP contribution in [-0.2, 0) is 16.6 Å². The van der Waals surface area contributed by atoms with Gasteiger partial charge in [-0.05, 0) is 70.8 Å². The topological polar surface area (TPSA) is 62.6 Å². The van der Waals surface area contributed by atoms with Gasteiger partial charge in [-0.2, -0.15) is 0 Å². The molecule has 0 bridgehead atoms. The zero-order chi connectivity index (χ0) is 18.7. The number of hydrogen-bond donors (Lipinski definition) is 1. The second-order valence-electron chi connectivity index (χ2n) is 7.32. The van der Waals surface area contributed by atoms with Gasteiger partial charge in [0.2, 0.25) is 10.0 Å². The molecule has 1 saturated heterocycles. The zero-order valence-corrected chi connectivity index (χ0v) is 16.6. The Labute approximate surface area is 156 Å². The van der Waals surface area contributed by atoms with E-state index in [2.05, 4.69) is 15.7 Å². The first-order valence-electron chi connectivity index (χ1n) is 9.18. The lowest BCUT2D eigenvalue weighted by Crippen LogP contribution is -2.38. The average Bonchev–Trinajstić information content (AvgIpc) is 2.92. The number of piperidine rings is 1. The highest BCUT2D eigenvalue weighted by Crippen LogP contribution is 2.22. The SMILES string of the molecule is Cc1ccc(S(=O)(=O)NCC2CCN(Cc3cc(C)oc3C)CC2)cc1. The number of sulfonamides is 1. The molecule has 26 heavy (non-hydrogen) atoms. The fourth-order valence-corrected chi connectivity index (χ4v) is 4.57. The van der Waals surface area contributed by atoms with E-state index in [1.54, 1.807) is 12.1 Å².